The van der Waals surface area contributed by atoms with Gasteiger partial charge in [0, 0.05) is 29.2 Å². The Morgan fingerprint density at radius 1 is 0.633 bits per heavy atom. The lowest BCUT2D eigenvalue weighted by atomic mass is 9.85. The molecule has 3 aromatic rings. The fourth-order valence-electron chi connectivity index (χ4n) is 3.76. The molecule has 0 spiro atoms. The van der Waals surface area contributed by atoms with E-state index in [1.165, 1.54) is 11.1 Å². The van der Waals surface area contributed by atoms with Gasteiger partial charge in [0.05, 0.1) is 28.4 Å². The Morgan fingerprint density at radius 2 is 1.13 bits per heavy atom. The summed E-state index contributed by atoms with van der Waals surface area (Å²) in [7, 11) is 6.72. The van der Waals surface area contributed by atoms with E-state index in [-0.39, 0.29) is 5.92 Å². The molecular weight excluding hydrogens is 376 g/mol. The second kappa shape index (κ2) is 10.1. The van der Waals surface area contributed by atoms with Gasteiger partial charge in [0.1, 0.15) is 23.0 Å². The maximum atomic E-state index is 5.73. The average molecular weight is 407 g/mol. The van der Waals surface area contributed by atoms with Crippen LogP contribution in [0.15, 0.2) is 60.7 Å². The summed E-state index contributed by atoms with van der Waals surface area (Å²) in [4.78, 5) is 0. The average Bonchev–Trinajstić information content (AvgIpc) is 2.80. The maximum Gasteiger partial charge on any atom is 0.126 e. The van der Waals surface area contributed by atoms with Crippen LogP contribution in [-0.4, -0.2) is 28.4 Å². The molecule has 4 heteroatoms. The standard InChI is InChI=1S/C26H30O4/c1-18-6-8-19(9-7-18)10-13-22(23-14-11-20(27-2)16-25(23)29-4)24-15-12-21(28-3)17-26(24)30-5/h6-9,11-12,14-17,22H,10,13H2,1-5H3. The van der Waals surface area contributed by atoms with Gasteiger partial charge in [0.2, 0.25) is 0 Å². The van der Waals surface area contributed by atoms with E-state index >= 15 is 0 Å². The van der Waals surface area contributed by atoms with Crippen molar-refractivity contribution in [2.24, 2.45) is 0 Å². The monoisotopic (exact) mass is 406 g/mol. The normalized spacial score (nSPS) is 10.7. The molecule has 30 heavy (non-hydrogen) atoms. The summed E-state index contributed by atoms with van der Waals surface area (Å²) < 4.78 is 22.2. The van der Waals surface area contributed by atoms with Crippen LogP contribution in [0.25, 0.3) is 0 Å². The van der Waals surface area contributed by atoms with Crippen molar-refractivity contribution in [2.75, 3.05) is 28.4 Å². The van der Waals surface area contributed by atoms with Crippen molar-refractivity contribution in [3.63, 3.8) is 0 Å². The Labute approximate surface area is 179 Å². The predicted octanol–water partition coefficient (Wildman–Crippen LogP) is 5.79. The zero-order chi connectivity index (χ0) is 21.5. The molecule has 0 aliphatic carbocycles. The zero-order valence-electron chi connectivity index (χ0n) is 18.4. The van der Waals surface area contributed by atoms with Crippen molar-refractivity contribution in [1.29, 1.82) is 0 Å². The first-order valence-electron chi connectivity index (χ1n) is 10.1. The highest BCUT2D eigenvalue weighted by molar-refractivity contribution is 5.51. The molecule has 0 aliphatic rings. The Bertz CT molecular complexity index is 908. The molecule has 3 rings (SSSR count). The van der Waals surface area contributed by atoms with E-state index in [0.717, 1.165) is 47.0 Å². The molecule has 0 heterocycles. The van der Waals surface area contributed by atoms with Gasteiger partial charge in [-0.2, -0.15) is 0 Å². The topological polar surface area (TPSA) is 36.9 Å². The van der Waals surface area contributed by atoms with Crippen molar-refractivity contribution in [2.45, 2.75) is 25.7 Å². The third-order valence-electron chi connectivity index (χ3n) is 5.47. The molecular formula is C26H30O4. The highest BCUT2D eigenvalue weighted by Crippen LogP contribution is 2.41. The fourth-order valence-corrected chi connectivity index (χ4v) is 3.76. The van der Waals surface area contributed by atoms with Crippen LogP contribution in [0.1, 0.15) is 34.6 Å². The molecule has 0 amide bonds. The van der Waals surface area contributed by atoms with Gasteiger partial charge in [-0.25, -0.2) is 0 Å². The van der Waals surface area contributed by atoms with Crippen LogP contribution in [-0.2, 0) is 6.42 Å². The second-order valence-corrected chi connectivity index (χ2v) is 7.29. The molecule has 0 saturated heterocycles. The number of aryl methyl sites for hydroxylation is 2. The van der Waals surface area contributed by atoms with E-state index in [9.17, 15) is 0 Å². The van der Waals surface area contributed by atoms with Gasteiger partial charge in [-0.15, -0.1) is 0 Å². The highest BCUT2D eigenvalue weighted by atomic mass is 16.5. The summed E-state index contributed by atoms with van der Waals surface area (Å²) in [5.41, 5.74) is 4.79. The second-order valence-electron chi connectivity index (χ2n) is 7.29. The van der Waals surface area contributed by atoms with Gasteiger partial charge in [0.25, 0.3) is 0 Å². The quantitative estimate of drug-likeness (QED) is 0.450. The van der Waals surface area contributed by atoms with Crippen LogP contribution >= 0.6 is 0 Å². The van der Waals surface area contributed by atoms with E-state index in [1.807, 2.05) is 24.3 Å². The van der Waals surface area contributed by atoms with Gasteiger partial charge >= 0.3 is 0 Å². The Balaban J connectivity index is 2.04. The van der Waals surface area contributed by atoms with Crippen molar-refractivity contribution in [3.05, 3.63) is 82.9 Å². The molecule has 0 radical (unpaired) electrons. The summed E-state index contributed by atoms with van der Waals surface area (Å²) >= 11 is 0. The van der Waals surface area contributed by atoms with E-state index < -0.39 is 0 Å². The Hall–Kier alpha value is -3.14. The van der Waals surface area contributed by atoms with Gasteiger partial charge < -0.3 is 18.9 Å². The lowest BCUT2D eigenvalue weighted by Crippen LogP contribution is -2.08. The van der Waals surface area contributed by atoms with Crippen LogP contribution in [0.5, 0.6) is 23.0 Å². The van der Waals surface area contributed by atoms with E-state index in [4.69, 9.17) is 18.9 Å². The number of methoxy groups -OCH3 is 4. The molecule has 0 aliphatic heterocycles. The van der Waals surface area contributed by atoms with Gasteiger partial charge in [0.15, 0.2) is 0 Å². The van der Waals surface area contributed by atoms with Gasteiger partial charge in [-0.05, 0) is 37.5 Å². The molecule has 158 valence electrons. The Kier molecular flexibility index (Phi) is 7.23. The van der Waals surface area contributed by atoms with Crippen LogP contribution in [0.3, 0.4) is 0 Å². The lowest BCUT2D eigenvalue weighted by Gasteiger charge is -2.23. The number of rotatable bonds is 9. The molecule has 0 unspecified atom stereocenters. The molecule has 0 saturated carbocycles. The van der Waals surface area contributed by atoms with E-state index in [1.54, 1.807) is 28.4 Å². The number of ether oxygens (including phenoxy) is 4. The molecule has 4 nitrogen and oxygen atoms in total. The zero-order valence-corrected chi connectivity index (χ0v) is 18.4. The van der Waals surface area contributed by atoms with Crippen LogP contribution in [0.4, 0.5) is 0 Å². The van der Waals surface area contributed by atoms with Crippen molar-refractivity contribution < 1.29 is 18.9 Å². The molecule has 0 aromatic heterocycles. The van der Waals surface area contributed by atoms with E-state index in [0.29, 0.717) is 0 Å². The number of hydrogen-bond donors (Lipinski definition) is 0. The SMILES string of the molecule is COc1ccc(C(CCc2ccc(C)cc2)c2ccc(OC)cc2OC)c(OC)c1. The number of benzene rings is 3. The first-order valence-corrected chi connectivity index (χ1v) is 10.1. The van der Waals surface area contributed by atoms with Crippen LogP contribution in [0, 0.1) is 6.92 Å². The highest BCUT2D eigenvalue weighted by Gasteiger charge is 2.23. The largest absolute Gasteiger partial charge is 0.497 e. The first kappa shape index (κ1) is 21.6. The maximum absolute atomic E-state index is 5.73. The third kappa shape index (κ3) is 4.88. The van der Waals surface area contributed by atoms with Crippen molar-refractivity contribution in [1.82, 2.24) is 0 Å². The summed E-state index contributed by atoms with van der Waals surface area (Å²) in [6.07, 6.45) is 1.85. The molecule has 3 aromatic carbocycles. The van der Waals surface area contributed by atoms with Crippen molar-refractivity contribution in [3.8, 4) is 23.0 Å². The van der Waals surface area contributed by atoms with Crippen molar-refractivity contribution >= 4 is 0 Å². The van der Waals surface area contributed by atoms with Crippen LogP contribution in [0.2, 0.25) is 0 Å². The predicted molar refractivity (Wildman–Crippen MR) is 120 cm³/mol. The summed E-state index contributed by atoms with van der Waals surface area (Å²) in [6.45, 7) is 2.11. The minimum absolute atomic E-state index is 0.0908. The minimum Gasteiger partial charge on any atom is -0.497 e. The third-order valence-corrected chi connectivity index (χ3v) is 5.47. The minimum atomic E-state index is 0.0908. The molecule has 0 N–H and O–H groups in total. The summed E-state index contributed by atoms with van der Waals surface area (Å²) in [6, 6.07) is 20.7. The van der Waals surface area contributed by atoms with Crippen LogP contribution < -0.4 is 18.9 Å². The van der Waals surface area contributed by atoms with Gasteiger partial charge in [-0.3, -0.25) is 0 Å². The first-order chi connectivity index (χ1) is 14.6. The fraction of sp³-hybridized carbons (Fsp3) is 0.308. The molecule has 0 bridgehead atoms. The van der Waals surface area contributed by atoms with E-state index in [2.05, 4.69) is 43.3 Å². The number of hydrogen-bond acceptors (Lipinski definition) is 4. The lowest BCUT2D eigenvalue weighted by molar-refractivity contribution is 0.383. The van der Waals surface area contributed by atoms with Gasteiger partial charge in [-0.1, -0.05) is 42.0 Å². The smallest absolute Gasteiger partial charge is 0.126 e. The molecule has 0 atom stereocenters. The Morgan fingerprint density at radius 3 is 1.57 bits per heavy atom. The summed E-state index contributed by atoms with van der Waals surface area (Å²) in [5.74, 6) is 3.25. The molecule has 0 fully saturated rings. The summed E-state index contributed by atoms with van der Waals surface area (Å²) in [5, 5.41) is 0.